The minimum Gasteiger partial charge on any atom is -0.378 e. The summed E-state index contributed by atoms with van der Waals surface area (Å²) in [6.45, 7) is 3.25. The highest BCUT2D eigenvalue weighted by Gasteiger charge is 2.15. The van der Waals surface area contributed by atoms with Crippen LogP contribution in [0.1, 0.15) is 0 Å². The lowest BCUT2D eigenvalue weighted by atomic mass is 10.1. The van der Waals surface area contributed by atoms with Crippen LogP contribution < -0.4 is 10.2 Å². The molecule has 1 aliphatic rings. The first-order chi connectivity index (χ1) is 14.3. The molecule has 0 radical (unpaired) electrons. The van der Waals surface area contributed by atoms with Gasteiger partial charge in [0.05, 0.1) is 47.6 Å². The lowest BCUT2D eigenvalue weighted by molar-refractivity contribution is 0.123. The van der Waals surface area contributed by atoms with Gasteiger partial charge in [-0.2, -0.15) is 0 Å². The Morgan fingerprint density at radius 2 is 1.86 bits per heavy atom. The van der Waals surface area contributed by atoms with Gasteiger partial charge in [0, 0.05) is 31.9 Å². The highest BCUT2D eigenvalue weighted by molar-refractivity contribution is 5.81. The van der Waals surface area contributed by atoms with Crippen molar-refractivity contribution in [2.24, 2.45) is 7.05 Å². The van der Waals surface area contributed by atoms with Gasteiger partial charge in [-0.15, -0.1) is 0 Å². The molecule has 0 saturated carbocycles. The van der Waals surface area contributed by atoms with Gasteiger partial charge in [0.15, 0.2) is 0 Å². The number of aryl methyl sites for hydroxylation is 1. The first kappa shape index (κ1) is 17.6. The topological polar surface area (TPSA) is 68.1 Å². The molecule has 0 spiro atoms. The number of imidazole rings is 1. The van der Waals surface area contributed by atoms with Crippen LogP contribution in [0.25, 0.3) is 22.3 Å². The molecule has 4 aromatic rings. The summed E-state index contributed by atoms with van der Waals surface area (Å²) in [6.07, 6.45) is 3.61. The van der Waals surface area contributed by atoms with E-state index in [-0.39, 0.29) is 0 Å². The van der Waals surface area contributed by atoms with Gasteiger partial charge in [0.25, 0.3) is 0 Å². The Bertz CT molecular complexity index is 1150. The monoisotopic (exact) mass is 386 g/mol. The van der Waals surface area contributed by atoms with E-state index in [1.807, 2.05) is 30.1 Å². The van der Waals surface area contributed by atoms with Crippen LogP contribution in [0.15, 0.2) is 61.1 Å². The molecule has 0 unspecified atom stereocenters. The number of fused-ring (bicyclic) bond motifs is 1. The molecular formula is C22H22N6O. The summed E-state index contributed by atoms with van der Waals surface area (Å²) < 4.78 is 7.49. The SMILES string of the molecule is Cn1cnc2cc(-c3ccnc(Nc4ccccc4N4CCOCC4)n3)ccc21. The van der Waals surface area contributed by atoms with Crippen molar-refractivity contribution in [3.63, 3.8) is 0 Å². The van der Waals surface area contributed by atoms with Gasteiger partial charge in [0.1, 0.15) is 0 Å². The number of anilines is 3. The second kappa shape index (κ2) is 7.52. The van der Waals surface area contributed by atoms with Gasteiger partial charge >= 0.3 is 0 Å². The minimum atomic E-state index is 0.573. The molecule has 29 heavy (non-hydrogen) atoms. The highest BCUT2D eigenvalue weighted by atomic mass is 16.5. The number of benzene rings is 2. The minimum absolute atomic E-state index is 0.573. The molecule has 1 fully saturated rings. The van der Waals surface area contributed by atoms with Crippen LogP contribution in [0.4, 0.5) is 17.3 Å². The van der Waals surface area contributed by atoms with Crippen molar-refractivity contribution in [2.45, 2.75) is 0 Å². The number of nitrogens with one attached hydrogen (secondary N) is 1. The third-order valence-electron chi connectivity index (χ3n) is 5.18. The molecule has 0 amide bonds. The van der Waals surface area contributed by atoms with Crippen molar-refractivity contribution >= 4 is 28.4 Å². The molecule has 1 aliphatic heterocycles. The van der Waals surface area contributed by atoms with Crippen LogP contribution in [0.3, 0.4) is 0 Å². The van der Waals surface area contributed by atoms with Gasteiger partial charge in [-0.25, -0.2) is 15.0 Å². The average molecular weight is 386 g/mol. The molecule has 7 heteroatoms. The Labute approximate surface area is 169 Å². The fourth-order valence-corrected chi connectivity index (χ4v) is 3.65. The van der Waals surface area contributed by atoms with Gasteiger partial charge < -0.3 is 19.5 Å². The number of hydrogen-bond acceptors (Lipinski definition) is 6. The van der Waals surface area contributed by atoms with E-state index in [1.54, 1.807) is 6.20 Å². The van der Waals surface area contributed by atoms with E-state index < -0.39 is 0 Å². The van der Waals surface area contributed by atoms with Crippen molar-refractivity contribution < 1.29 is 4.74 Å². The molecule has 0 atom stereocenters. The zero-order valence-electron chi connectivity index (χ0n) is 16.2. The van der Waals surface area contributed by atoms with Crippen LogP contribution in [0.5, 0.6) is 0 Å². The Kier molecular flexibility index (Phi) is 4.57. The maximum atomic E-state index is 5.48. The smallest absolute Gasteiger partial charge is 0.227 e. The van der Waals surface area contributed by atoms with Crippen molar-refractivity contribution in [1.82, 2.24) is 19.5 Å². The summed E-state index contributed by atoms with van der Waals surface area (Å²) in [4.78, 5) is 15.9. The zero-order chi connectivity index (χ0) is 19.6. The van der Waals surface area contributed by atoms with Crippen LogP contribution in [0, 0.1) is 0 Å². The van der Waals surface area contributed by atoms with Crippen LogP contribution >= 0.6 is 0 Å². The number of morpholine rings is 1. The van der Waals surface area contributed by atoms with Gasteiger partial charge in [-0.3, -0.25) is 0 Å². The first-order valence-corrected chi connectivity index (χ1v) is 9.71. The van der Waals surface area contributed by atoms with E-state index in [0.29, 0.717) is 5.95 Å². The molecule has 1 N–H and O–H groups in total. The molecule has 146 valence electrons. The van der Waals surface area contributed by atoms with Crippen LogP contribution in [-0.2, 0) is 11.8 Å². The van der Waals surface area contributed by atoms with E-state index in [0.717, 1.165) is 60.0 Å². The number of rotatable bonds is 4. The quantitative estimate of drug-likeness (QED) is 0.578. The number of para-hydroxylation sites is 2. The third-order valence-corrected chi connectivity index (χ3v) is 5.18. The normalized spacial score (nSPS) is 14.3. The summed E-state index contributed by atoms with van der Waals surface area (Å²) in [5.41, 5.74) is 6.06. The van der Waals surface area contributed by atoms with Crippen LogP contribution in [-0.4, -0.2) is 45.8 Å². The van der Waals surface area contributed by atoms with Crippen molar-refractivity contribution in [3.8, 4) is 11.3 Å². The lowest BCUT2D eigenvalue weighted by Gasteiger charge is -2.30. The average Bonchev–Trinajstić information content (AvgIpc) is 3.15. The molecule has 5 rings (SSSR count). The number of hydrogen-bond donors (Lipinski definition) is 1. The number of aromatic nitrogens is 4. The second-order valence-corrected chi connectivity index (χ2v) is 7.07. The highest BCUT2D eigenvalue weighted by Crippen LogP contribution is 2.29. The van der Waals surface area contributed by atoms with E-state index in [4.69, 9.17) is 9.72 Å². The van der Waals surface area contributed by atoms with Gasteiger partial charge in [-0.05, 0) is 30.3 Å². The molecule has 2 aromatic heterocycles. The third kappa shape index (κ3) is 3.52. The molecule has 2 aromatic carbocycles. The molecular weight excluding hydrogens is 364 g/mol. The maximum absolute atomic E-state index is 5.48. The molecule has 7 nitrogen and oxygen atoms in total. The predicted octanol–water partition coefficient (Wildman–Crippen LogP) is 3.61. The fourth-order valence-electron chi connectivity index (χ4n) is 3.65. The molecule has 3 heterocycles. The van der Waals surface area contributed by atoms with Crippen molar-refractivity contribution in [2.75, 3.05) is 36.5 Å². The molecule has 0 aliphatic carbocycles. The lowest BCUT2D eigenvalue weighted by Crippen LogP contribution is -2.36. The Hall–Kier alpha value is -3.45. The summed E-state index contributed by atoms with van der Waals surface area (Å²) in [6, 6.07) is 16.4. The molecule has 0 bridgehead atoms. The summed E-state index contributed by atoms with van der Waals surface area (Å²) >= 11 is 0. The van der Waals surface area contributed by atoms with Gasteiger partial charge in [0.2, 0.25) is 5.95 Å². The predicted molar refractivity (Wildman–Crippen MR) is 114 cm³/mol. The Balaban J connectivity index is 1.44. The first-order valence-electron chi connectivity index (χ1n) is 9.71. The summed E-state index contributed by atoms with van der Waals surface area (Å²) in [7, 11) is 1.99. The standard InChI is InChI=1S/C22H22N6O/c1-27-15-24-19-14-16(6-7-20(19)27)17-8-9-23-22(25-17)26-18-4-2-3-5-21(18)28-10-12-29-13-11-28/h2-9,14-15H,10-13H2,1H3,(H,23,25,26). The zero-order valence-corrected chi connectivity index (χ0v) is 16.2. The van der Waals surface area contributed by atoms with E-state index >= 15 is 0 Å². The summed E-state index contributed by atoms with van der Waals surface area (Å²) in [5, 5.41) is 3.40. The summed E-state index contributed by atoms with van der Waals surface area (Å²) in [5.74, 6) is 0.573. The van der Waals surface area contributed by atoms with E-state index in [1.165, 1.54) is 0 Å². The number of nitrogens with zero attached hydrogens (tertiary/aromatic N) is 5. The van der Waals surface area contributed by atoms with Crippen LogP contribution in [0.2, 0.25) is 0 Å². The Morgan fingerprint density at radius 3 is 2.76 bits per heavy atom. The maximum Gasteiger partial charge on any atom is 0.227 e. The van der Waals surface area contributed by atoms with E-state index in [9.17, 15) is 0 Å². The largest absolute Gasteiger partial charge is 0.378 e. The van der Waals surface area contributed by atoms with Crippen molar-refractivity contribution in [3.05, 3.63) is 61.1 Å². The van der Waals surface area contributed by atoms with Crippen molar-refractivity contribution in [1.29, 1.82) is 0 Å². The van der Waals surface area contributed by atoms with Gasteiger partial charge in [-0.1, -0.05) is 18.2 Å². The number of ether oxygens (including phenoxy) is 1. The molecule has 1 saturated heterocycles. The fraction of sp³-hybridized carbons (Fsp3) is 0.227. The van der Waals surface area contributed by atoms with E-state index in [2.05, 4.69) is 56.6 Å². The Morgan fingerprint density at radius 1 is 1.00 bits per heavy atom. The second-order valence-electron chi connectivity index (χ2n) is 7.07.